The molecular formula is C61H115N2O7P. The summed E-state index contributed by atoms with van der Waals surface area (Å²) in [6.07, 6.45) is 62.2. The van der Waals surface area contributed by atoms with Crippen molar-refractivity contribution in [3.8, 4) is 0 Å². The number of nitrogens with one attached hydrogen (secondary N) is 1. The van der Waals surface area contributed by atoms with Crippen LogP contribution in [0, 0.1) is 0 Å². The molecule has 9 nitrogen and oxygen atoms in total. The summed E-state index contributed by atoms with van der Waals surface area (Å²) in [4.78, 5) is 39.9. The van der Waals surface area contributed by atoms with Crippen LogP contribution in [0.1, 0.15) is 278 Å². The Labute approximate surface area is 439 Å². The molecule has 0 bridgehead atoms. The van der Waals surface area contributed by atoms with Crippen LogP contribution >= 0.6 is 7.82 Å². The molecule has 1 amide bonds. The molecule has 0 aliphatic heterocycles. The molecule has 10 heteroatoms. The zero-order valence-electron chi connectivity index (χ0n) is 47.4. The molecule has 0 aromatic carbocycles. The Kier molecular flexibility index (Phi) is 50.0. The largest absolute Gasteiger partial charge is 0.756 e. The zero-order chi connectivity index (χ0) is 52.2. The lowest BCUT2D eigenvalue weighted by Crippen LogP contribution is -2.47. The second-order valence-corrected chi connectivity index (χ2v) is 23.0. The highest BCUT2D eigenvalue weighted by atomic mass is 31.2. The van der Waals surface area contributed by atoms with E-state index in [2.05, 4.69) is 62.5 Å². The van der Waals surface area contributed by atoms with Crippen LogP contribution in [0.3, 0.4) is 0 Å². The topological polar surface area (TPSA) is 114 Å². The molecule has 0 aromatic rings. The molecule has 0 aliphatic carbocycles. The van der Waals surface area contributed by atoms with Gasteiger partial charge in [-0.15, -0.1) is 0 Å². The number of esters is 1. The van der Waals surface area contributed by atoms with Crippen molar-refractivity contribution < 1.29 is 37.3 Å². The van der Waals surface area contributed by atoms with E-state index in [0.29, 0.717) is 23.9 Å². The van der Waals surface area contributed by atoms with Crippen LogP contribution in [0.2, 0.25) is 0 Å². The average Bonchev–Trinajstić information content (AvgIpc) is 3.33. The van der Waals surface area contributed by atoms with Crippen molar-refractivity contribution >= 4 is 19.7 Å². The molecule has 71 heavy (non-hydrogen) atoms. The monoisotopic (exact) mass is 1020 g/mol. The Morgan fingerprint density at radius 2 is 0.901 bits per heavy atom. The predicted molar refractivity (Wildman–Crippen MR) is 302 cm³/mol. The van der Waals surface area contributed by atoms with Crippen LogP contribution in [0.15, 0.2) is 48.6 Å². The molecule has 0 heterocycles. The molecule has 1 N–H and O–H groups in total. The van der Waals surface area contributed by atoms with Crippen LogP contribution < -0.4 is 10.2 Å². The standard InChI is InChI=1S/C61H115N2O7P/c1-7-10-13-16-19-22-25-28-29-30-31-32-33-36-38-41-44-47-50-53-60(64)62-58(57-69-71(66,67)68-56-55-63(4,5)6)59(52-49-46-43-40-37-34-26-23-20-17-14-11-8-2)70-61(65)54-51-48-45-42-39-35-27-24-21-18-15-12-9-3/h12,15,18,21,24,27,49,52,58-59H,7-11,13-14,16-17,19-20,22-23,25-26,28-48,50-51,53-57H2,1-6H3,(H-,62,64,66,67)/b15-12+,21-18+,27-24-,52-49+. The lowest BCUT2D eigenvalue weighted by molar-refractivity contribution is -0.870. The second kappa shape index (κ2) is 51.5. The molecule has 3 atom stereocenters. The van der Waals surface area contributed by atoms with Gasteiger partial charge >= 0.3 is 5.97 Å². The van der Waals surface area contributed by atoms with Gasteiger partial charge in [0.05, 0.1) is 33.8 Å². The minimum Gasteiger partial charge on any atom is -0.756 e. The SMILES string of the molecule is CC/C=C/C=C/C=C\CCCCCCCC(=O)OC(/C=C/CCCCCCCCCCCCC)C(COP(=O)([O-])OCC[N+](C)(C)C)NC(=O)CCCCCCCCCCCCCCCCCCCCC. The van der Waals surface area contributed by atoms with Gasteiger partial charge in [0.25, 0.3) is 7.82 Å². The summed E-state index contributed by atoms with van der Waals surface area (Å²) in [6, 6.07) is -0.893. The maximum absolute atomic E-state index is 13.5. The summed E-state index contributed by atoms with van der Waals surface area (Å²) < 4.78 is 30.3. The number of allylic oxidation sites excluding steroid dienone is 7. The quantitative estimate of drug-likeness (QED) is 0.0161. The van der Waals surface area contributed by atoms with Crippen molar-refractivity contribution in [2.45, 2.75) is 290 Å². The molecular weight excluding hydrogens is 904 g/mol. The Hall–Kier alpha value is -2.03. The predicted octanol–water partition coefficient (Wildman–Crippen LogP) is 17.5. The third kappa shape index (κ3) is 52.6. The van der Waals surface area contributed by atoms with Crippen molar-refractivity contribution in [2.24, 2.45) is 0 Å². The van der Waals surface area contributed by atoms with Crippen molar-refractivity contribution in [3.05, 3.63) is 48.6 Å². The number of carbonyl (C=O) groups excluding carboxylic acids is 2. The lowest BCUT2D eigenvalue weighted by atomic mass is 10.0. The van der Waals surface area contributed by atoms with E-state index in [-0.39, 0.29) is 24.9 Å². The molecule has 0 fully saturated rings. The van der Waals surface area contributed by atoms with Crippen LogP contribution in [-0.2, 0) is 27.9 Å². The number of amides is 1. The van der Waals surface area contributed by atoms with Crippen molar-refractivity contribution in [1.29, 1.82) is 0 Å². The number of unbranched alkanes of at least 4 members (excludes halogenated alkanes) is 34. The zero-order valence-corrected chi connectivity index (χ0v) is 48.3. The van der Waals surface area contributed by atoms with Crippen LogP contribution in [-0.4, -0.2) is 69.4 Å². The molecule has 3 unspecified atom stereocenters. The van der Waals surface area contributed by atoms with E-state index < -0.39 is 26.6 Å². The van der Waals surface area contributed by atoms with E-state index in [9.17, 15) is 19.0 Å². The Bertz CT molecular complexity index is 1360. The van der Waals surface area contributed by atoms with E-state index in [0.717, 1.165) is 77.0 Å². The number of carbonyl (C=O) groups is 2. The van der Waals surface area contributed by atoms with E-state index in [4.69, 9.17) is 13.8 Å². The summed E-state index contributed by atoms with van der Waals surface area (Å²) in [5, 5.41) is 3.02. The molecule has 416 valence electrons. The first kappa shape index (κ1) is 69.0. The van der Waals surface area contributed by atoms with E-state index >= 15 is 0 Å². The Morgan fingerprint density at radius 3 is 1.34 bits per heavy atom. The molecule has 0 saturated carbocycles. The van der Waals surface area contributed by atoms with Crippen molar-refractivity contribution in [1.82, 2.24) is 5.32 Å². The van der Waals surface area contributed by atoms with Gasteiger partial charge in [-0.25, -0.2) is 0 Å². The molecule has 0 aromatic heterocycles. The number of phosphoric acid groups is 1. The number of hydrogen-bond donors (Lipinski definition) is 1. The van der Waals surface area contributed by atoms with Gasteiger partial charge in [-0.1, -0.05) is 262 Å². The van der Waals surface area contributed by atoms with Gasteiger partial charge in [-0.05, 0) is 51.0 Å². The number of nitrogens with zero attached hydrogens (tertiary/aromatic N) is 1. The van der Waals surface area contributed by atoms with Gasteiger partial charge < -0.3 is 28.5 Å². The van der Waals surface area contributed by atoms with Crippen LogP contribution in [0.4, 0.5) is 0 Å². The van der Waals surface area contributed by atoms with Gasteiger partial charge in [0.1, 0.15) is 19.3 Å². The fraction of sp³-hybridized carbons (Fsp3) is 0.836. The average molecular weight is 1020 g/mol. The second-order valence-electron chi connectivity index (χ2n) is 21.5. The number of hydrogen-bond acceptors (Lipinski definition) is 7. The van der Waals surface area contributed by atoms with Gasteiger partial charge in [0, 0.05) is 12.8 Å². The highest BCUT2D eigenvalue weighted by molar-refractivity contribution is 7.45. The summed E-state index contributed by atoms with van der Waals surface area (Å²) in [6.45, 7) is 6.72. The molecule has 0 aliphatic rings. The first-order valence-electron chi connectivity index (χ1n) is 30.0. The van der Waals surface area contributed by atoms with Crippen molar-refractivity contribution in [3.63, 3.8) is 0 Å². The third-order valence-corrected chi connectivity index (χ3v) is 14.3. The molecule has 0 spiro atoms. The molecule has 0 saturated heterocycles. The van der Waals surface area contributed by atoms with Gasteiger partial charge in [0.2, 0.25) is 5.91 Å². The smallest absolute Gasteiger partial charge is 0.306 e. The summed E-state index contributed by atoms with van der Waals surface area (Å²) in [7, 11) is 1.18. The number of rotatable bonds is 54. The number of phosphoric ester groups is 1. The molecule has 0 radical (unpaired) electrons. The maximum Gasteiger partial charge on any atom is 0.306 e. The van der Waals surface area contributed by atoms with E-state index in [1.165, 1.54) is 161 Å². The first-order chi connectivity index (χ1) is 34.4. The summed E-state index contributed by atoms with van der Waals surface area (Å²) >= 11 is 0. The van der Waals surface area contributed by atoms with Crippen LogP contribution in [0.5, 0.6) is 0 Å². The summed E-state index contributed by atoms with van der Waals surface area (Å²) in [5.41, 5.74) is 0. The Morgan fingerprint density at radius 1 is 0.507 bits per heavy atom. The van der Waals surface area contributed by atoms with Gasteiger partial charge in [-0.3, -0.25) is 14.2 Å². The third-order valence-electron chi connectivity index (χ3n) is 13.3. The fourth-order valence-corrected chi connectivity index (χ4v) is 9.42. The number of likely N-dealkylation sites (N-methyl/N-ethyl adjacent to an activating group) is 1. The number of ether oxygens (including phenoxy) is 1. The number of quaternary nitrogens is 1. The summed E-state index contributed by atoms with van der Waals surface area (Å²) in [5.74, 6) is -0.556. The highest BCUT2D eigenvalue weighted by Crippen LogP contribution is 2.38. The van der Waals surface area contributed by atoms with Gasteiger partial charge in [-0.2, -0.15) is 0 Å². The molecule has 0 rings (SSSR count). The van der Waals surface area contributed by atoms with Crippen molar-refractivity contribution in [2.75, 3.05) is 40.9 Å². The van der Waals surface area contributed by atoms with Gasteiger partial charge in [0.15, 0.2) is 0 Å². The maximum atomic E-state index is 13.5. The minimum atomic E-state index is -4.70. The van der Waals surface area contributed by atoms with Crippen LogP contribution in [0.25, 0.3) is 0 Å². The van der Waals surface area contributed by atoms with E-state index in [1.54, 1.807) is 0 Å². The minimum absolute atomic E-state index is 0.0248. The normalized spacial score (nSPS) is 14.1. The highest BCUT2D eigenvalue weighted by Gasteiger charge is 2.27. The Balaban J connectivity index is 5.28. The first-order valence-corrected chi connectivity index (χ1v) is 31.4. The fourth-order valence-electron chi connectivity index (χ4n) is 8.70. The lowest BCUT2D eigenvalue weighted by Gasteiger charge is -2.30. The van der Waals surface area contributed by atoms with E-state index in [1.807, 2.05) is 33.3 Å².